The molecule has 0 radical (unpaired) electrons. The Morgan fingerprint density at radius 3 is 2.92 bits per heavy atom. The zero-order valence-electron chi connectivity index (χ0n) is 15.0. The molecule has 1 fully saturated rings. The summed E-state index contributed by atoms with van der Waals surface area (Å²) >= 11 is 1.77. The highest BCUT2D eigenvalue weighted by Gasteiger charge is 2.20. The van der Waals surface area contributed by atoms with E-state index in [2.05, 4.69) is 49.4 Å². The van der Waals surface area contributed by atoms with Crippen molar-refractivity contribution in [3.63, 3.8) is 0 Å². The SMILES string of the molecule is CCc1cc(CNC(=NC)NC2CCN(Cc3ccsc3)CC2)on1. The number of hydrogen-bond acceptors (Lipinski definition) is 5. The number of rotatable bonds is 6. The molecule has 2 N–H and O–H groups in total. The van der Waals surface area contributed by atoms with Crippen molar-refractivity contribution in [3.8, 4) is 0 Å². The van der Waals surface area contributed by atoms with Gasteiger partial charge in [0.2, 0.25) is 0 Å². The van der Waals surface area contributed by atoms with Crippen LogP contribution >= 0.6 is 11.3 Å². The van der Waals surface area contributed by atoms with Crippen molar-refractivity contribution in [2.24, 2.45) is 4.99 Å². The lowest BCUT2D eigenvalue weighted by atomic mass is 10.0. The van der Waals surface area contributed by atoms with Crippen LogP contribution < -0.4 is 10.6 Å². The number of likely N-dealkylation sites (tertiary alicyclic amines) is 1. The second-order valence-corrected chi connectivity index (χ2v) is 7.17. The normalized spacial score (nSPS) is 17.0. The van der Waals surface area contributed by atoms with Crippen molar-refractivity contribution in [3.05, 3.63) is 39.9 Å². The number of guanidine groups is 1. The Labute approximate surface area is 153 Å². The summed E-state index contributed by atoms with van der Waals surface area (Å²) in [5.41, 5.74) is 2.41. The summed E-state index contributed by atoms with van der Waals surface area (Å²) in [4.78, 5) is 6.85. The molecular formula is C18H27N5OS. The Balaban J connectivity index is 1.40. The third kappa shape index (κ3) is 5.31. The summed E-state index contributed by atoms with van der Waals surface area (Å²) in [6, 6.07) is 4.67. The number of nitrogens with one attached hydrogen (secondary N) is 2. The highest BCUT2D eigenvalue weighted by atomic mass is 32.1. The van der Waals surface area contributed by atoms with Crippen molar-refractivity contribution >= 4 is 17.3 Å². The van der Waals surface area contributed by atoms with Crippen molar-refractivity contribution in [2.75, 3.05) is 20.1 Å². The van der Waals surface area contributed by atoms with Crippen molar-refractivity contribution < 1.29 is 4.52 Å². The standard InChI is InChI=1S/C18H27N5OS/c1-3-15-10-17(24-22-15)11-20-18(19-2)21-16-4-7-23(8-5-16)12-14-6-9-25-13-14/h6,9-10,13,16H,3-5,7-8,11-12H2,1-2H3,(H2,19,20,21). The predicted octanol–water partition coefficient (Wildman–Crippen LogP) is 2.63. The maximum absolute atomic E-state index is 5.30. The molecule has 6 nitrogen and oxygen atoms in total. The zero-order chi connectivity index (χ0) is 17.5. The van der Waals surface area contributed by atoms with Crippen LogP contribution in [-0.4, -0.2) is 42.2 Å². The maximum atomic E-state index is 5.30. The van der Waals surface area contributed by atoms with Crippen LogP contribution in [0.15, 0.2) is 32.4 Å². The third-order valence-corrected chi connectivity index (χ3v) is 5.27. The Bertz CT molecular complexity index is 659. The summed E-state index contributed by atoms with van der Waals surface area (Å²) in [6.45, 7) is 5.97. The first-order valence-corrected chi connectivity index (χ1v) is 9.86. The molecule has 0 aliphatic carbocycles. The molecule has 1 aliphatic heterocycles. The number of aryl methyl sites for hydroxylation is 1. The molecule has 0 bridgehead atoms. The second-order valence-electron chi connectivity index (χ2n) is 6.39. The van der Waals surface area contributed by atoms with E-state index in [0.717, 1.165) is 56.3 Å². The minimum absolute atomic E-state index is 0.464. The van der Waals surface area contributed by atoms with Gasteiger partial charge in [0.25, 0.3) is 0 Å². The molecule has 0 saturated carbocycles. The topological polar surface area (TPSA) is 65.7 Å². The summed E-state index contributed by atoms with van der Waals surface area (Å²) in [5.74, 6) is 1.66. The molecule has 136 valence electrons. The van der Waals surface area contributed by atoms with Crippen LogP contribution in [-0.2, 0) is 19.5 Å². The van der Waals surface area contributed by atoms with E-state index in [-0.39, 0.29) is 0 Å². The molecule has 0 atom stereocenters. The lowest BCUT2D eigenvalue weighted by molar-refractivity contribution is 0.198. The first-order valence-electron chi connectivity index (χ1n) is 8.92. The molecule has 1 aliphatic rings. The average Bonchev–Trinajstić information content (AvgIpc) is 3.31. The minimum atomic E-state index is 0.464. The Morgan fingerprint density at radius 1 is 1.44 bits per heavy atom. The lowest BCUT2D eigenvalue weighted by Gasteiger charge is -2.32. The van der Waals surface area contributed by atoms with Crippen LogP contribution in [0.1, 0.15) is 36.8 Å². The average molecular weight is 362 g/mol. The largest absolute Gasteiger partial charge is 0.359 e. The molecule has 3 heterocycles. The van der Waals surface area contributed by atoms with E-state index in [9.17, 15) is 0 Å². The van der Waals surface area contributed by atoms with Gasteiger partial charge in [0.15, 0.2) is 11.7 Å². The van der Waals surface area contributed by atoms with E-state index in [1.165, 1.54) is 5.56 Å². The summed E-state index contributed by atoms with van der Waals surface area (Å²) in [7, 11) is 1.80. The fourth-order valence-electron chi connectivity index (χ4n) is 3.04. The highest BCUT2D eigenvalue weighted by molar-refractivity contribution is 7.07. The van der Waals surface area contributed by atoms with Gasteiger partial charge in [-0.05, 0) is 41.7 Å². The Hall–Kier alpha value is -1.86. The maximum Gasteiger partial charge on any atom is 0.191 e. The predicted molar refractivity (Wildman–Crippen MR) is 102 cm³/mol. The second kappa shape index (κ2) is 9.01. The van der Waals surface area contributed by atoms with Gasteiger partial charge in [-0.25, -0.2) is 0 Å². The summed E-state index contributed by atoms with van der Waals surface area (Å²) in [5, 5.41) is 15.2. The molecule has 0 aromatic carbocycles. The molecular weight excluding hydrogens is 334 g/mol. The number of hydrogen-bond donors (Lipinski definition) is 2. The van der Waals surface area contributed by atoms with E-state index in [1.54, 1.807) is 18.4 Å². The van der Waals surface area contributed by atoms with Gasteiger partial charge in [-0.2, -0.15) is 11.3 Å². The molecule has 1 saturated heterocycles. The zero-order valence-corrected chi connectivity index (χ0v) is 15.8. The van der Waals surface area contributed by atoms with Gasteiger partial charge in [0, 0.05) is 38.8 Å². The quantitative estimate of drug-likeness (QED) is 0.612. The fourth-order valence-corrected chi connectivity index (χ4v) is 3.70. The summed E-state index contributed by atoms with van der Waals surface area (Å²) in [6.07, 6.45) is 3.15. The molecule has 2 aromatic rings. The van der Waals surface area contributed by atoms with Gasteiger partial charge in [-0.3, -0.25) is 9.89 Å². The van der Waals surface area contributed by atoms with Crippen LogP contribution in [0.2, 0.25) is 0 Å². The number of nitrogens with zero attached hydrogens (tertiary/aromatic N) is 3. The van der Waals surface area contributed by atoms with Crippen molar-refractivity contribution in [1.29, 1.82) is 0 Å². The van der Waals surface area contributed by atoms with Gasteiger partial charge < -0.3 is 15.2 Å². The van der Waals surface area contributed by atoms with E-state index in [0.29, 0.717) is 12.6 Å². The Kier molecular flexibility index (Phi) is 6.47. The van der Waals surface area contributed by atoms with Crippen molar-refractivity contribution in [1.82, 2.24) is 20.7 Å². The smallest absolute Gasteiger partial charge is 0.191 e. The number of thiophene rings is 1. The van der Waals surface area contributed by atoms with Gasteiger partial charge >= 0.3 is 0 Å². The van der Waals surface area contributed by atoms with E-state index < -0.39 is 0 Å². The van der Waals surface area contributed by atoms with Gasteiger partial charge in [0.05, 0.1) is 12.2 Å². The minimum Gasteiger partial charge on any atom is -0.359 e. The first-order chi connectivity index (χ1) is 12.3. The van der Waals surface area contributed by atoms with Crippen LogP contribution in [0.4, 0.5) is 0 Å². The lowest BCUT2D eigenvalue weighted by Crippen LogP contribution is -2.48. The molecule has 2 aromatic heterocycles. The van der Waals surface area contributed by atoms with Gasteiger partial charge in [0.1, 0.15) is 0 Å². The number of piperidine rings is 1. The molecule has 7 heteroatoms. The molecule has 25 heavy (non-hydrogen) atoms. The van der Waals surface area contributed by atoms with Gasteiger partial charge in [-0.15, -0.1) is 0 Å². The van der Waals surface area contributed by atoms with Gasteiger partial charge in [-0.1, -0.05) is 12.1 Å². The van der Waals surface area contributed by atoms with E-state index >= 15 is 0 Å². The number of aromatic nitrogens is 1. The van der Waals surface area contributed by atoms with Crippen LogP contribution in [0.3, 0.4) is 0 Å². The van der Waals surface area contributed by atoms with E-state index in [1.807, 2.05) is 6.07 Å². The highest BCUT2D eigenvalue weighted by Crippen LogP contribution is 2.15. The van der Waals surface area contributed by atoms with E-state index in [4.69, 9.17) is 4.52 Å². The monoisotopic (exact) mass is 361 g/mol. The molecule has 0 unspecified atom stereocenters. The fraction of sp³-hybridized carbons (Fsp3) is 0.556. The number of aliphatic imine (C=N–C) groups is 1. The van der Waals surface area contributed by atoms with Crippen LogP contribution in [0, 0.1) is 0 Å². The first kappa shape index (κ1) is 17.9. The molecule has 0 spiro atoms. The molecule has 3 rings (SSSR count). The van der Waals surface area contributed by atoms with Crippen LogP contribution in [0.25, 0.3) is 0 Å². The summed E-state index contributed by atoms with van der Waals surface area (Å²) < 4.78 is 5.30. The molecule has 0 amide bonds. The third-order valence-electron chi connectivity index (χ3n) is 4.54. The Morgan fingerprint density at radius 2 is 2.28 bits per heavy atom. The van der Waals surface area contributed by atoms with Crippen LogP contribution in [0.5, 0.6) is 0 Å². The van der Waals surface area contributed by atoms with Crippen molar-refractivity contribution in [2.45, 2.75) is 45.3 Å².